The number of amidine groups is 1. The van der Waals surface area contributed by atoms with Crippen LogP contribution < -0.4 is 11.1 Å². The number of nitrogens with two attached hydrogens (primary N) is 1. The minimum absolute atomic E-state index is 0.0640. The van der Waals surface area contributed by atoms with Crippen molar-refractivity contribution in [1.29, 1.82) is 0 Å². The minimum atomic E-state index is -0.758. The third-order valence-electron chi connectivity index (χ3n) is 2.36. The molecule has 1 rings (SSSR count). The fraction of sp³-hybridized carbons (Fsp3) is 0.273. The first-order chi connectivity index (χ1) is 8.06. The molecule has 5 nitrogen and oxygen atoms in total. The molecule has 0 saturated carbocycles. The average molecular weight is 239 g/mol. The summed E-state index contributed by atoms with van der Waals surface area (Å²) in [6.07, 6.45) is 0. The van der Waals surface area contributed by atoms with Gasteiger partial charge in [0.15, 0.2) is 5.84 Å². The van der Waals surface area contributed by atoms with Gasteiger partial charge in [-0.25, -0.2) is 4.39 Å². The summed E-state index contributed by atoms with van der Waals surface area (Å²) in [6.45, 7) is 1.56. The number of benzene rings is 1. The highest BCUT2D eigenvalue weighted by Gasteiger charge is 2.17. The lowest BCUT2D eigenvalue weighted by Crippen LogP contribution is -2.36. The lowest BCUT2D eigenvalue weighted by Gasteiger charge is -2.10. The zero-order valence-electron chi connectivity index (χ0n) is 9.35. The Hall–Kier alpha value is -2.11. The van der Waals surface area contributed by atoms with Crippen molar-refractivity contribution in [3.63, 3.8) is 0 Å². The SMILES string of the molecule is CC(C(=O)NCc1ccccc1F)/C(N)=N/O. The van der Waals surface area contributed by atoms with Crippen LogP contribution in [-0.2, 0) is 11.3 Å². The van der Waals surface area contributed by atoms with Crippen molar-refractivity contribution in [1.82, 2.24) is 5.32 Å². The molecular formula is C11H14FN3O2. The molecule has 1 aromatic carbocycles. The van der Waals surface area contributed by atoms with Crippen molar-refractivity contribution >= 4 is 11.7 Å². The van der Waals surface area contributed by atoms with Gasteiger partial charge in [-0.1, -0.05) is 23.4 Å². The second-order valence-electron chi connectivity index (χ2n) is 3.56. The fourth-order valence-electron chi connectivity index (χ4n) is 1.20. The molecule has 0 aliphatic heterocycles. The molecule has 1 amide bonds. The van der Waals surface area contributed by atoms with Crippen molar-refractivity contribution in [3.8, 4) is 0 Å². The number of nitrogens with one attached hydrogen (secondary N) is 1. The summed E-state index contributed by atoms with van der Waals surface area (Å²) in [5.74, 6) is -1.75. The third kappa shape index (κ3) is 3.44. The Morgan fingerprint density at radius 3 is 2.82 bits per heavy atom. The highest BCUT2D eigenvalue weighted by atomic mass is 19.1. The molecule has 1 unspecified atom stereocenters. The lowest BCUT2D eigenvalue weighted by atomic mass is 10.1. The molecule has 17 heavy (non-hydrogen) atoms. The van der Waals surface area contributed by atoms with Crippen LogP contribution in [0.2, 0.25) is 0 Å². The highest BCUT2D eigenvalue weighted by Crippen LogP contribution is 2.06. The van der Waals surface area contributed by atoms with Gasteiger partial charge in [0.05, 0.1) is 5.92 Å². The van der Waals surface area contributed by atoms with Gasteiger partial charge in [0.25, 0.3) is 0 Å². The standard InChI is InChI=1S/C11H14FN3O2/c1-7(10(13)15-17)11(16)14-6-8-4-2-3-5-9(8)12/h2-5,7,17H,6H2,1H3,(H2,13,15)(H,14,16). The second kappa shape index (κ2) is 5.83. The van der Waals surface area contributed by atoms with E-state index in [1.807, 2.05) is 0 Å². The van der Waals surface area contributed by atoms with Crippen molar-refractivity contribution in [2.75, 3.05) is 0 Å². The van der Waals surface area contributed by atoms with Crippen LogP contribution in [0.25, 0.3) is 0 Å². The van der Waals surface area contributed by atoms with Gasteiger partial charge < -0.3 is 16.3 Å². The van der Waals surface area contributed by atoms with Crippen LogP contribution in [0, 0.1) is 11.7 Å². The van der Waals surface area contributed by atoms with Gasteiger partial charge >= 0.3 is 0 Å². The van der Waals surface area contributed by atoms with Crippen LogP contribution in [0.15, 0.2) is 29.4 Å². The number of nitrogens with zero attached hydrogens (tertiary/aromatic N) is 1. The van der Waals surface area contributed by atoms with Crippen molar-refractivity contribution in [2.24, 2.45) is 16.8 Å². The molecular weight excluding hydrogens is 225 g/mol. The Balaban J connectivity index is 2.57. The summed E-state index contributed by atoms with van der Waals surface area (Å²) in [5.41, 5.74) is 5.66. The van der Waals surface area contributed by atoms with Gasteiger partial charge in [-0.05, 0) is 13.0 Å². The monoisotopic (exact) mass is 239 g/mol. The number of halogens is 1. The zero-order valence-corrected chi connectivity index (χ0v) is 9.35. The smallest absolute Gasteiger partial charge is 0.230 e. The van der Waals surface area contributed by atoms with E-state index in [0.29, 0.717) is 5.56 Å². The number of oxime groups is 1. The molecule has 0 spiro atoms. The highest BCUT2D eigenvalue weighted by molar-refractivity contribution is 6.01. The quantitative estimate of drug-likeness (QED) is 0.314. The van der Waals surface area contributed by atoms with E-state index in [1.165, 1.54) is 13.0 Å². The van der Waals surface area contributed by atoms with Gasteiger partial charge in [0, 0.05) is 12.1 Å². The molecule has 6 heteroatoms. The van der Waals surface area contributed by atoms with E-state index in [1.54, 1.807) is 18.2 Å². The molecule has 1 aromatic rings. The summed E-state index contributed by atoms with van der Waals surface area (Å²) in [6, 6.07) is 6.13. The van der Waals surface area contributed by atoms with E-state index in [2.05, 4.69) is 10.5 Å². The van der Waals surface area contributed by atoms with E-state index in [-0.39, 0.29) is 18.2 Å². The van der Waals surface area contributed by atoms with Crippen LogP contribution in [0.1, 0.15) is 12.5 Å². The van der Waals surface area contributed by atoms with Crippen LogP contribution >= 0.6 is 0 Å². The molecule has 0 aliphatic rings. The Labute approximate surface area is 98.1 Å². The zero-order chi connectivity index (χ0) is 12.8. The first kappa shape index (κ1) is 13.0. The lowest BCUT2D eigenvalue weighted by molar-refractivity contribution is -0.122. The number of hydrogen-bond donors (Lipinski definition) is 3. The fourth-order valence-corrected chi connectivity index (χ4v) is 1.20. The van der Waals surface area contributed by atoms with Crippen LogP contribution in [0.4, 0.5) is 4.39 Å². The van der Waals surface area contributed by atoms with Gasteiger partial charge in [-0.3, -0.25) is 4.79 Å². The van der Waals surface area contributed by atoms with E-state index in [4.69, 9.17) is 10.9 Å². The Bertz CT molecular complexity index is 434. The predicted molar refractivity (Wildman–Crippen MR) is 60.8 cm³/mol. The molecule has 0 aliphatic carbocycles. The Morgan fingerprint density at radius 1 is 1.59 bits per heavy atom. The number of rotatable bonds is 4. The van der Waals surface area contributed by atoms with Gasteiger partial charge in [-0.15, -0.1) is 0 Å². The summed E-state index contributed by atoms with van der Waals surface area (Å²) in [7, 11) is 0. The maximum Gasteiger partial charge on any atom is 0.230 e. The summed E-state index contributed by atoms with van der Waals surface area (Å²) >= 11 is 0. The maximum absolute atomic E-state index is 13.2. The van der Waals surface area contributed by atoms with E-state index >= 15 is 0 Å². The number of carbonyl (C=O) groups excluding carboxylic acids is 1. The van der Waals surface area contributed by atoms with E-state index in [0.717, 1.165) is 0 Å². The summed E-state index contributed by atoms with van der Waals surface area (Å²) < 4.78 is 13.2. The average Bonchev–Trinajstić information content (AvgIpc) is 2.35. The molecule has 0 fully saturated rings. The van der Waals surface area contributed by atoms with E-state index in [9.17, 15) is 9.18 Å². The molecule has 0 bridgehead atoms. The molecule has 0 heterocycles. The first-order valence-corrected chi connectivity index (χ1v) is 5.04. The maximum atomic E-state index is 13.2. The number of carbonyl (C=O) groups is 1. The number of amides is 1. The molecule has 0 saturated heterocycles. The van der Waals surface area contributed by atoms with Crippen LogP contribution in [0.3, 0.4) is 0 Å². The molecule has 0 radical (unpaired) electrons. The van der Waals surface area contributed by atoms with Gasteiger partial charge in [-0.2, -0.15) is 0 Å². The van der Waals surface area contributed by atoms with Gasteiger partial charge in [0.2, 0.25) is 5.91 Å². The topological polar surface area (TPSA) is 87.7 Å². The van der Waals surface area contributed by atoms with Crippen molar-refractivity contribution in [3.05, 3.63) is 35.6 Å². The molecule has 92 valence electrons. The summed E-state index contributed by atoms with van der Waals surface area (Å²) in [4.78, 5) is 11.5. The van der Waals surface area contributed by atoms with Crippen molar-refractivity contribution < 1.29 is 14.4 Å². The Kier molecular flexibility index (Phi) is 4.45. The van der Waals surface area contributed by atoms with Crippen LogP contribution in [0.5, 0.6) is 0 Å². The summed E-state index contributed by atoms with van der Waals surface area (Å²) in [5, 5.41) is 13.7. The predicted octanol–water partition coefficient (Wildman–Crippen LogP) is 0.824. The Morgan fingerprint density at radius 2 is 2.24 bits per heavy atom. The first-order valence-electron chi connectivity index (χ1n) is 5.04. The molecule has 0 aromatic heterocycles. The normalized spacial score (nSPS) is 13.2. The minimum Gasteiger partial charge on any atom is -0.409 e. The van der Waals surface area contributed by atoms with E-state index < -0.39 is 11.8 Å². The van der Waals surface area contributed by atoms with Crippen molar-refractivity contribution in [2.45, 2.75) is 13.5 Å². The molecule has 4 N–H and O–H groups in total. The number of hydrogen-bond acceptors (Lipinski definition) is 3. The van der Waals surface area contributed by atoms with Gasteiger partial charge in [0.1, 0.15) is 5.82 Å². The third-order valence-corrected chi connectivity index (χ3v) is 2.36. The van der Waals surface area contributed by atoms with Crippen LogP contribution in [-0.4, -0.2) is 17.0 Å². The largest absolute Gasteiger partial charge is 0.409 e. The second-order valence-corrected chi connectivity index (χ2v) is 3.56. The molecule has 1 atom stereocenters.